The summed E-state index contributed by atoms with van der Waals surface area (Å²) in [5.74, 6) is 0. The van der Waals surface area contributed by atoms with Crippen molar-refractivity contribution in [3.8, 4) is 0 Å². The van der Waals surface area contributed by atoms with Gasteiger partial charge in [-0.2, -0.15) is 0 Å². The molecular weight excluding hydrogens is 231 g/mol. The zero-order valence-corrected chi connectivity index (χ0v) is 11.1. The second-order valence-electron chi connectivity index (χ2n) is 4.23. The average molecular weight is 248 g/mol. The summed E-state index contributed by atoms with van der Waals surface area (Å²) < 4.78 is 17.5. The first-order valence-corrected chi connectivity index (χ1v) is 8.06. The third-order valence-electron chi connectivity index (χ3n) is 2.74. The highest BCUT2D eigenvalue weighted by molar-refractivity contribution is 7.57. The third-order valence-corrected chi connectivity index (χ3v) is 4.46. The summed E-state index contributed by atoms with van der Waals surface area (Å²) in [6.45, 7) is 4.08. The van der Waals surface area contributed by atoms with E-state index in [0.717, 1.165) is 10.9 Å². The first-order chi connectivity index (χ1) is 8.12. The molecule has 0 saturated heterocycles. The Labute approximate surface area is 102 Å². The molecule has 2 aromatic carbocycles. The molecule has 1 atom stereocenters. The molecule has 0 aromatic heterocycles. The van der Waals surface area contributed by atoms with Gasteiger partial charge in [0.25, 0.3) is 0 Å². The Kier molecular flexibility index (Phi) is 3.66. The van der Waals surface area contributed by atoms with Gasteiger partial charge >= 0.3 is 0 Å². The molecule has 2 rings (SSSR count). The van der Waals surface area contributed by atoms with Crippen molar-refractivity contribution in [3.63, 3.8) is 0 Å². The van der Waals surface area contributed by atoms with Crippen LogP contribution in [0.3, 0.4) is 0 Å². The van der Waals surface area contributed by atoms with E-state index in [2.05, 4.69) is 18.2 Å². The number of benzene rings is 2. The molecule has 0 heterocycles. The van der Waals surface area contributed by atoms with Gasteiger partial charge in [-0.15, -0.1) is 0 Å². The molecule has 0 spiro atoms. The van der Waals surface area contributed by atoms with Crippen molar-refractivity contribution in [2.24, 2.45) is 0 Å². The zero-order valence-electron chi connectivity index (χ0n) is 10.2. The minimum Gasteiger partial charge on any atom is -0.329 e. The quantitative estimate of drug-likeness (QED) is 0.755. The fraction of sp³-hybridized carbons (Fsp3) is 0.286. The topological polar surface area (TPSA) is 26.3 Å². The summed E-state index contributed by atoms with van der Waals surface area (Å²) in [6, 6.07) is 14.3. The van der Waals surface area contributed by atoms with Crippen LogP contribution < -0.4 is 0 Å². The molecule has 90 valence electrons. The van der Waals surface area contributed by atoms with Crippen LogP contribution in [0.5, 0.6) is 0 Å². The first kappa shape index (κ1) is 12.3. The zero-order chi connectivity index (χ0) is 12.3. The van der Waals surface area contributed by atoms with Gasteiger partial charge in [-0.05, 0) is 23.3 Å². The van der Waals surface area contributed by atoms with E-state index in [-0.39, 0.29) is 0 Å². The molecular formula is C14H17O2P. The van der Waals surface area contributed by atoms with E-state index in [1.807, 2.05) is 31.2 Å². The van der Waals surface area contributed by atoms with Crippen LogP contribution in [0.1, 0.15) is 12.5 Å². The molecule has 3 heteroatoms. The maximum absolute atomic E-state index is 12.2. The van der Waals surface area contributed by atoms with Crippen molar-refractivity contribution >= 4 is 18.1 Å². The van der Waals surface area contributed by atoms with Crippen molar-refractivity contribution in [3.05, 3.63) is 48.0 Å². The summed E-state index contributed by atoms with van der Waals surface area (Å²) in [7, 11) is -2.52. The SMILES string of the molecule is CCO[P@@](C)(=O)Cc1cccc2ccccc12. The number of fused-ring (bicyclic) bond motifs is 1. The third kappa shape index (κ3) is 2.96. The van der Waals surface area contributed by atoms with Gasteiger partial charge in [0.1, 0.15) is 0 Å². The summed E-state index contributed by atoms with van der Waals surface area (Å²) >= 11 is 0. The van der Waals surface area contributed by atoms with Crippen LogP contribution in [0.2, 0.25) is 0 Å². The fourth-order valence-electron chi connectivity index (χ4n) is 2.06. The van der Waals surface area contributed by atoms with Crippen LogP contribution in [-0.4, -0.2) is 13.3 Å². The largest absolute Gasteiger partial charge is 0.329 e. The van der Waals surface area contributed by atoms with Gasteiger partial charge in [0.05, 0.1) is 12.8 Å². The van der Waals surface area contributed by atoms with E-state index < -0.39 is 7.37 Å². The molecule has 0 bridgehead atoms. The first-order valence-electron chi connectivity index (χ1n) is 5.80. The van der Waals surface area contributed by atoms with Crippen molar-refractivity contribution in [2.45, 2.75) is 13.1 Å². The summed E-state index contributed by atoms with van der Waals surface area (Å²) in [4.78, 5) is 0. The number of rotatable bonds is 4. The summed E-state index contributed by atoms with van der Waals surface area (Å²) in [5, 5.41) is 2.35. The molecule has 0 radical (unpaired) electrons. The molecule has 0 aliphatic rings. The summed E-state index contributed by atoms with van der Waals surface area (Å²) in [6.07, 6.45) is 0.502. The van der Waals surface area contributed by atoms with Gasteiger partial charge in [0.2, 0.25) is 7.37 Å². The molecule has 0 N–H and O–H groups in total. The lowest BCUT2D eigenvalue weighted by Gasteiger charge is -2.14. The maximum Gasteiger partial charge on any atom is 0.204 e. The van der Waals surface area contributed by atoms with Crippen LogP contribution in [0, 0.1) is 0 Å². The van der Waals surface area contributed by atoms with Gasteiger partial charge < -0.3 is 4.52 Å². The lowest BCUT2D eigenvalue weighted by Crippen LogP contribution is -1.93. The van der Waals surface area contributed by atoms with Gasteiger partial charge in [0.15, 0.2) is 0 Å². The van der Waals surface area contributed by atoms with Gasteiger partial charge in [-0.1, -0.05) is 42.5 Å². The Morgan fingerprint density at radius 3 is 2.59 bits per heavy atom. The van der Waals surface area contributed by atoms with E-state index in [0.29, 0.717) is 12.8 Å². The van der Waals surface area contributed by atoms with Crippen molar-refractivity contribution in [2.75, 3.05) is 13.3 Å². The molecule has 0 aliphatic carbocycles. The normalized spacial score (nSPS) is 14.7. The summed E-state index contributed by atoms with van der Waals surface area (Å²) in [5.41, 5.74) is 1.10. The Morgan fingerprint density at radius 1 is 1.12 bits per heavy atom. The number of hydrogen-bond acceptors (Lipinski definition) is 2. The molecule has 0 unspecified atom stereocenters. The molecule has 2 nitrogen and oxygen atoms in total. The average Bonchev–Trinajstić information content (AvgIpc) is 2.29. The van der Waals surface area contributed by atoms with Gasteiger partial charge in [0, 0.05) is 6.66 Å². The number of hydrogen-bond donors (Lipinski definition) is 0. The lowest BCUT2D eigenvalue weighted by molar-refractivity contribution is 0.336. The maximum atomic E-state index is 12.2. The van der Waals surface area contributed by atoms with Crippen LogP contribution in [0.15, 0.2) is 42.5 Å². The van der Waals surface area contributed by atoms with E-state index in [4.69, 9.17) is 4.52 Å². The van der Waals surface area contributed by atoms with Crippen LogP contribution in [0.4, 0.5) is 0 Å². The fourth-order valence-corrected chi connectivity index (χ4v) is 3.59. The molecule has 17 heavy (non-hydrogen) atoms. The van der Waals surface area contributed by atoms with Gasteiger partial charge in [-0.3, -0.25) is 4.57 Å². The minimum atomic E-state index is -2.52. The predicted octanol–water partition coefficient (Wildman–Crippen LogP) is 4.28. The smallest absolute Gasteiger partial charge is 0.204 e. The van der Waals surface area contributed by atoms with E-state index in [1.54, 1.807) is 6.66 Å². The van der Waals surface area contributed by atoms with Crippen molar-refractivity contribution < 1.29 is 9.09 Å². The Bertz CT molecular complexity index is 558. The highest BCUT2D eigenvalue weighted by Crippen LogP contribution is 2.47. The van der Waals surface area contributed by atoms with Crippen LogP contribution in [-0.2, 0) is 15.3 Å². The van der Waals surface area contributed by atoms with Crippen LogP contribution >= 0.6 is 7.37 Å². The standard InChI is InChI=1S/C14H17O2P/c1-3-16-17(2,15)11-13-9-6-8-12-7-4-5-10-14(12)13/h4-10H,3,11H2,1-2H3/t17-/m1/s1. The highest BCUT2D eigenvalue weighted by Gasteiger charge is 2.17. The Morgan fingerprint density at radius 2 is 1.82 bits per heavy atom. The predicted molar refractivity (Wildman–Crippen MR) is 72.8 cm³/mol. The van der Waals surface area contributed by atoms with Crippen molar-refractivity contribution in [1.82, 2.24) is 0 Å². The lowest BCUT2D eigenvalue weighted by atomic mass is 10.1. The van der Waals surface area contributed by atoms with Gasteiger partial charge in [-0.25, -0.2) is 0 Å². The monoisotopic (exact) mass is 248 g/mol. The van der Waals surface area contributed by atoms with E-state index in [1.165, 1.54) is 5.39 Å². The van der Waals surface area contributed by atoms with E-state index >= 15 is 0 Å². The molecule has 2 aromatic rings. The molecule has 0 saturated carbocycles. The Balaban J connectivity index is 2.39. The van der Waals surface area contributed by atoms with E-state index in [9.17, 15) is 4.57 Å². The van der Waals surface area contributed by atoms with Crippen molar-refractivity contribution in [1.29, 1.82) is 0 Å². The molecule has 0 fully saturated rings. The minimum absolute atomic E-state index is 0.499. The second kappa shape index (κ2) is 5.03. The molecule has 0 amide bonds. The Hall–Kier alpha value is -1.11. The van der Waals surface area contributed by atoms with Crippen LogP contribution in [0.25, 0.3) is 10.8 Å². The second-order valence-corrected chi connectivity index (χ2v) is 6.83. The highest BCUT2D eigenvalue weighted by atomic mass is 31.2. The molecule has 0 aliphatic heterocycles.